The van der Waals surface area contributed by atoms with E-state index in [0.29, 0.717) is 12.0 Å². The third-order valence-electron chi connectivity index (χ3n) is 3.98. The molecule has 2 heterocycles. The van der Waals surface area contributed by atoms with E-state index in [1.165, 1.54) is 29.7 Å². The van der Waals surface area contributed by atoms with Crippen LogP contribution >= 0.6 is 0 Å². The number of benzene rings is 1. The van der Waals surface area contributed by atoms with Gasteiger partial charge in [-0.15, -0.1) is 0 Å². The maximum Gasteiger partial charge on any atom is 0.126 e. The van der Waals surface area contributed by atoms with Crippen LogP contribution in [-0.2, 0) is 7.05 Å². The lowest BCUT2D eigenvalue weighted by Crippen LogP contribution is -2.16. The molecule has 0 amide bonds. The number of hydrogen-bond acceptors (Lipinski definition) is 2. The average Bonchev–Trinajstić information content (AvgIpc) is 2.97. The van der Waals surface area contributed by atoms with Crippen LogP contribution < -0.4 is 5.32 Å². The van der Waals surface area contributed by atoms with Gasteiger partial charge in [-0.25, -0.2) is 4.98 Å². The van der Waals surface area contributed by atoms with Gasteiger partial charge >= 0.3 is 0 Å². The molecular formula is C15H21N3. The van der Waals surface area contributed by atoms with Crippen molar-refractivity contribution >= 4 is 11.0 Å². The summed E-state index contributed by atoms with van der Waals surface area (Å²) in [7, 11) is 2.12. The second kappa shape index (κ2) is 4.39. The number of nitrogens with zero attached hydrogens (tertiary/aromatic N) is 2. The van der Waals surface area contributed by atoms with Crippen molar-refractivity contribution in [2.75, 3.05) is 6.54 Å². The number of fused-ring (bicyclic) bond motifs is 1. The number of aryl methyl sites for hydroxylation is 1. The largest absolute Gasteiger partial charge is 0.330 e. The van der Waals surface area contributed by atoms with Crippen LogP contribution in [0.3, 0.4) is 0 Å². The monoisotopic (exact) mass is 243 g/mol. The summed E-state index contributed by atoms with van der Waals surface area (Å²) in [4.78, 5) is 4.84. The fraction of sp³-hybridized carbons (Fsp3) is 0.533. The highest BCUT2D eigenvalue weighted by molar-refractivity contribution is 5.77. The Morgan fingerprint density at radius 3 is 2.89 bits per heavy atom. The van der Waals surface area contributed by atoms with Gasteiger partial charge in [0, 0.05) is 7.05 Å². The molecule has 0 saturated carbocycles. The minimum atomic E-state index is 0.435. The van der Waals surface area contributed by atoms with E-state index in [2.05, 4.69) is 49.0 Å². The van der Waals surface area contributed by atoms with E-state index >= 15 is 0 Å². The van der Waals surface area contributed by atoms with Crippen molar-refractivity contribution in [2.24, 2.45) is 7.05 Å². The molecule has 1 N–H and O–H groups in total. The molecule has 1 aromatic heterocycles. The molecule has 1 saturated heterocycles. The van der Waals surface area contributed by atoms with Gasteiger partial charge in [0.15, 0.2) is 0 Å². The van der Waals surface area contributed by atoms with Gasteiger partial charge in [0.2, 0.25) is 0 Å². The SMILES string of the molecule is CC(C)c1ccc2c(c1)nc(C1CCCN1)n2C. The van der Waals surface area contributed by atoms with Crippen LogP contribution in [0.1, 0.15) is 50.0 Å². The summed E-state index contributed by atoms with van der Waals surface area (Å²) in [5.41, 5.74) is 3.74. The van der Waals surface area contributed by atoms with Gasteiger partial charge in [0.1, 0.15) is 5.82 Å². The Morgan fingerprint density at radius 2 is 2.22 bits per heavy atom. The van der Waals surface area contributed by atoms with Gasteiger partial charge in [-0.2, -0.15) is 0 Å². The predicted molar refractivity (Wildman–Crippen MR) is 74.8 cm³/mol. The lowest BCUT2D eigenvalue weighted by Gasteiger charge is -2.09. The van der Waals surface area contributed by atoms with Gasteiger partial charge in [-0.1, -0.05) is 19.9 Å². The van der Waals surface area contributed by atoms with E-state index in [1.807, 2.05) is 0 Å². The smallest absolute Gasteiger partial charge is 0.126 e. The first-order valence-electron chi connectivity index (χ1n) is 6.86. The maximum atomic E-state index is 4.84. The summed E-state index contributed by atoms with van der Waals surface area (Å²) in [6, 6.07) is 7.10. The van der Waals surface area contributed by atoms with Crippen LogP contribution in [-0.4, -0.2) is 16.1 Å². The number of rotatable bonds is 2. The van der Waals surface area contributed by atoms with E-state index in [1.54, 1.807) is 0 Å². The third-order valence-corrected chi connectivity index (χ3v) is 3.98. The molecule has 3 rings (SSSR count). The van der Waals surface area contributed by atoms with Crippen LogP contribution in [0.15, 0.2) is 18.2 Å². The quantitative estimate of drug-likeness (QED) is 0.878. The normalized spacial score (nSPS) is 20.1. The zero-order chi connectivity index (χ0) is 12.7. The Labute approximate surface area is 108 Å². The van der Waals surface area contributed by atoms with Crippen molar-refractivity contribution in [2.45, 2.75) is 38.6 Å². The number of hydrogen-bond donors (Lipinski definition) is 1. The predicted octanol–water partition coefficient (Wildman–Crippen LogP) is 3.12. The molecule has 1 fully saturated rings. The first-order valence-corrected chi connectivity index (χ1v) is 6.86. The van der Waals surface area contributed by atoms with Crippen LogP contribution in [0.4, 0.5) is 0 Å². The summed E-state index contributed by atoms with van der Waals surface area (Å²) < 4.78 is 2.24. The summed E-state index contributed by atoms with van der Waals surface area (Å²) in [6.07, 6.45) is 2.46. The van der Waals surface area contributed by atoms with Crippen LogP contribution in [0, 0.1) is 0 Å². The zero-order valence-corrected chi connectivity index (χ0v) is 11.4. The summed E-state index contributed by atoms with van der Waals surface area (Å²) in [5, 5.41) is 3.53. The van der Waals surface area contributed by atoms with Crippen molar-refractivity contribution in [3.8, 4) is 0 Å². The molecule has 3 heteroatoms. The summed E-state index contributed by atoms with van der Waals surface area (Å²) in [5.74, 6) is 1.74. The van der Waals surface area contributed by atoms with E-state index in [-0.39, 0.29) is 0 Å². The minimum Gasteiger partial charge on any atom is -0.330 e. The number of aromatic nitrogens is 2. The molecule has 96 valence electrons. The van der Waals surface area contributed by atoms with Crippen LogP contribution in [0.25, 0.3) is 11.0 Å². The Kier molecular flexibility index (Phi) is 2.86. The molecule has 1 aromatic carbocycles. The topological polar surface area (TPSA) is 29.9 Å². The van der Waals surface area contributed by atoms with Crippen LogP contribution in [0.2, 0.25) is 0 Å². The second-order valence-corrected chi connectivity index (χ2v) is 5.58. The van der Waals surface area contributed by atoms with Gasteiger partial charge in [0.05, 0.1) is 17.1 Å². The van der Waals surface area contributed by atoms with Gasteiger partial charge in [0.25, 0.3) is 0 Å². The standard InChI is InChI=1S/C15H21N3/c1-10(2)11-6-7-14-13(9-11)17-15(18(14)3)12-5-4-8-16-12/h6-7,9-10,12,16H,4-5,8H2,1-3H3. The molecule has 2 aromatic rings. The van der Waals surface area contributed by atoms with Crippen molar-refractivity contribution in [1.82, 2.24) is 14.9 Å². The van der Waals surface area contributed by atoms with Crippen molar-refractivity contribution in [1.29, 1.82) is 0 Å². The first-order chi connectivity index (χ1) is 8.66. The van der Waals surface area contributed by atoms with Gasteiger partial charge in [-0.3, -0.25) is 0 Å². The lowest BCUT2D eigenvalue weighted by molar-refractivity contribution is 0.584. The van der Waals surface area contributed by atoms with E-state index < -0.39 is 0 Å². The van der Waals surface area contributed by atoms with Gasteiger partial charge in [-0.05, 0) is 43.0 Å². The zero-order valence-electron chi connectivity index (χ0n) is 11.4. The molecule has 18 heavy (non-hydrogen) atoms. The summed E-state index contributed by atoms with van der Waals surface area (Å²) >= 11 is 0. The first kappa shape index (κ1) is 11.7. The Hall–Kier alpha value is -1.35. The average molecular weight is 243 g/mol. The van der Waals surface area contributed by atoms with E-state index in [4.69, 9.17) is 4.98 Å². The number of nitrogens with one attached hydrogen (secondary N) is 1. The molecule has 1 unspecified atom stereocenters. The van der Waals surface area contributed by atoms with Crippen molar-refractivity contribution < 1.29 is 0 Å². The van der Waals surface area contributed by atoms with E-state index in [0.717, 1.165) is 12.1 Å². The highest BCUT2D eigenvalue weighted by Gasteiger charge is 2.21. The molecule has 0 spiro atoms. The molecule has 3 nitrogen and oxygen atoms in total. The molecule has 1 atom stereocenters. The highest BCUT2D eigenvalue weighted by atomic mass is 15.1. The molecular weight excluding hydrogens is 222 g/mol. The fourth-order valence-electron chi connectivity index (χ4n) is 2.81. The molecule has 1 aliphatic heterocycles. The maximum absolute atomic E-state index is 4.84. The molecule has 0 bridgehead atoms. The Morgan fingerprint density at radius 1 is 1.39 bits per heavy atom. The van der Waals surface area contributed by atoms with Crippen LogP contribution in [0.5, 0.6) is 0 Å². The second-order valence-electron chi connectivity index (χ2n) is 5.58. The Bertz CT molecular complexity index is 562. The Balaban J connectivity index is 2.09. The highest BCUT2D eigenvalue weighted by Crippen LogP contribution is 2.27. The fourth-order valence-corrected chi connectivity index (χ4v) is 2.81. The molecule has 1 aliphatic rings. The molecule has 0 radical (unpaired) electrons. The third kappa shape index (κ3) is 1.83. The summed E-state index contributed by atoms with van der Waals surface area (Å²) in [6.45, 7) is 5.57. The number of imidazole rings is 1. The minimum absolute atomic E-state index is 0.435. The van der Waals surface area contributed by atoms with Crippen molar-refractivity contribution in [3.63, 3.8) is 0 Å². The van der Waals surface area contributed by atoms with E-state index in [9.17, 15) is 0 Å². The molecule has 0 aliphatic carbocycles. The van der Waals surface area contributed by atoms with Crippen molar-refractivity contribution in [3.05, 3.63) is 29.6 Å². The van der Waals surface area contributed by atoms with Gasteiger partial charge < -0.3 is 9.88 Å². The lowest BCUT2D eigenvalue weighted by atomic mass is 10.0.